The molecular weight excluding hydrogens is 366 g/mol. The van der Waals surface area contributed by atoms with Gasteiger partial charge in [0.25, 0.3) is 0 Å². The van der Waals surface area contributed by atoms with E-state index >= 15 is 0 Å². The highest BCUT2D eigenvalue weighted by atomic mass is 16.2. The molecule has 1 unspecified atom stereocenters. The van der Waals surface area contributed by atoms with Crippen LogP contribution in [-0.4, -0.2) is 62.5 Å². The number of hydrogen-bond donors (Lipinski definition) is 1. The summed E-state index contributed by atoms with van der Waals surface area (Å²) in [5, 5.41) is 3.49. The van der Waals surface area contributed by atoms with E-state index in [4.69, 9.17) is 4.98 Å². The Bertz CT molecular complexity index is 869. The lowest BCUT2D eigenvalue weighted by atomic mass is 9.96. The van der Waals surface area contributed by atoms with Crippen molar-refractivity contribution in [2.75, 3.05) is 36.4 Å². The predicted octanol–water partition coefficient (Wildman–Crippen LogP) is 3.07. The Kier molecular flexibility index (Phi) is 5.61. The third-order valence-corrected chi connectivity index (χ3v) is 6.02. The first-order valence-electron chi connectivity index (χ1n) is 11.1. The molecule has 3 heterocycles. The van der Waals surface area contributed by atoms with Gasteiger partial charge in [-0.1, -0.05) is 0 Å². The van der Waals surface area contributed by atoms with Crippen LogP contribution in [0, 0.1) is 5.92 Å². The number of aromatic nitrogens is 4. The standard InChI is InChI=1S/C21H33N7O/c1-5-26(6-2)20(29)15-8-7-11-27(12-15)21-25-17-18(24-16-9-10-16)22-13-23-19(17)28(21)14(3)4/h13-16H,5-12H2,1-4H3,(H,22,23,24). The predicted molar refractivity (Wildman–Crippen MR) is 115 cm³/mol. The lowest BCUT2D eigenvalue weighted by Crippen LogP contribution is -2.45. The van der Waals surface area contributed by atoms with Crippen LogP contribution < -0.4 is 10.2 Å². The molecule has 2 aromatic heterocycles. The van der Waals surface area contributed by atoms with Gasteiger partial charge in [-0.15, -0.1) is 0 Å². The van der Waals surface area contributed by atoms with E-state index in [9.17, 15) is 4.79 Å². The van der Waals surface area contributed by atoms with Crippen LogP contribution in [0.1, 0.15) is 59.4 Å². The molecule has 29 heavy (non-hydrogen) atoms. The number of nitrogens with zero attached hydrogens (tertiary/aromatic N) is 6. The van der Waals surface area contributed by atoms with Crippen molar-refractivity contribution in [1.29, 1.82) is 0 Å². The van der Waals surface area contributed by atoms with Crippen LogP contribution in [0.4, 0.5) is 11.8 Å². The summed E-state index contributed by atoms with van der Waals surface area (Å²) in [6.45, 7) is 11.6. The fraction of sp³-hybridized carbons (Fsp3) is 0.714. The minimum atomic E-state index is 0.0271. The first-order chi connectivity index (χ1) is 14.0. The summed E-state index contributed by atoms with van der Waals surface area (Å²) in [7, 11) is 0. The molecule has 1 amide bonds. The van der Waals surface area contributed by atoms with E-state index in [0.29, 0.717) is 12.6 Å². The minimum absolute atomic E-state index is 0.0271. The second-order valence-electron chi connectivity index (χ2n) is 8.48. The third kappa shape index (κ3) is 3.89. The van der Waals surface area contributed by atoms with Gasteiger partial charge in [-0.2, -0.15) is 0 Å². The fourth-order valence-corrected chi connectivity index (χ4v) is 4.28. The Morgan fingerprint density at radius 2 is 2.00 bits per heavy atom. The number of fused-ring (bicyclic) bond motifs is 1. The molecule has 1 atom stereocenters. The summed E-state index contributed by atoms with van der Waals surface area (Å²) in [5.41, 5.74) is 1.70. The maximum Gasteiger partial charge on any atom is 0.227 e. The van der Waals surface area contributed by atoms with Gasteiger partial charge in [0.2, 0.25) is 11.9 Å². The van der Waals surface area contributed by atoms with Gasteiger partial charge in [0.1, 0.15) is 6.33 Å². The van der Waals surface area contributed by atoms with Crippen LogP contribution in [0.3, 0.4) is 0 Å². The number of anilines is 2. The van der Waals surface area contributed by atoms with Gasteiger partial charge in [-0.3, -0.25) is 9.36 Å². The molecule has 8 heteroatoms. The van der Waals surface area contributed by atoms with Crippen molar-refractivity contribution < 1.29 is 4.79 Å². The quantitative estimate of drug-likeness (QED) is 0.771. The number of amides is 1. The molecule has 1 N–H and O–H groups in total. The molecule has 2 aliphatic rings. The van der Waals surface area contributed by atoms with E-state index < -0.39 is 0 Å². The molecule has 158 valence electrons. The first-order valence-corrected chi connectivity index (χ1v) is 11.1. The van der Waals surface area contributed by atoms with Gasteiger partial charge in [-0.25, -0.2) is 15.0 Å². The normalized spacial score (nSPS) is 19.8. The number of hydrogen-bond acceptors (Lipinski definition) is 6. The Morgan fingerprint density at radius 1 is 1.24 bits per heavy atom. The summed E-state index contributed by atoms with van der Waals surface area (Å²) < 4.78 is 2.19. The van der Waals surface area contributed by atoms with Crippen LogP contribution >= 0.6 is 0 Å². The van der Waals surface area contributed by atoms with E-state index in [2.05, 4.69) is 38.6 Å². The van der Waals surface area contributed by atoms with Gasteiger partial charge in [0.05, 0.1) is 5.92 Å². The number of carbonyl (C=O) groups is 1. The second kappa shape index (κ2) is 8.16. The molecule has 1 aliphatic carbocycles. The van der Waals surface area contributed by atoms with Gasteiger partial charge < -0.3 is 15.1 Å². The van der Waals surface area contributed by atoms with Crippen molar-refractivity contribution in [2.45, 2.75) is 65.5 Å². The molecule has 1 aliphatic heterocycles. The Hall–Kier alpha value is -2.38. The van der Waals surface area contributed by atoms with Gasteiger partial charge in [0, 0.05) is 38.3 Å². The highest BCUT2D eigenvalue weighted by molar-refractivity contribution is 5.86. The number of nitrogens with one attached hydrogen (secondary N) is 1. The molecule has 8 nitrogen and oxygen atoms in total. The average Bonchev–Trinajstić information content (AvgIpc) is 3.45. The number of piperidine rings is 1. The molecule has 2 aromatic rings. The van der Waals surface area contributed by atoms with Crippen LogP contribution in [0.2, 0.25) is 0 Å². The molecule has 0 aromatic carbocycles. The molecule has 4 rings (SSSR count). The Labute approximate surface area is 172 Å². The summed E-state index contributed by atoms with van der Waals surface area (Å²) in [5.74, 6) is 2.03. The van der Waals surface area contributed by atoms with E-state index in [1.165, 1.54) is 12.8 Å². The van der Waals surface area contributed by atoms with Crippen molar-refractivity contribution in [3.05, 3.63) is 6.33 Å². The molecule has 1 saturated heterocycles. The van der Waals surface area contributed by atoms with E-state index in [-0.39, 0.29) is 17.9 Å². The first kappa shape index (κ1) is 19.9. The van der Waals surface area contributed by atoms with Gasteiger partial charge in [-0.05, 0) is 53.4 Å². The molecular formula is C21H33N7O. The van der Waals surface area contributed by atoms with Crippen LogP contribution in [0.25, 0.3) is 11.2 Å². The fourth-order valence-electron chi connectivity index (χ4n) is 4.28. The highest BCUT2D eigenvalue weighted by Gasteiger charge is 2.32. The van der Waals surface area contributed by atoms with Crippen LogP contribution in [-0.2, 0) is 4.79 Å². The van der Waals surface area contributed by atoms with Crippen molar-refractivity contribution >= 4 is 28.8 Å². The minimum Gasteiger partial charge on any atom is -0.365 e. The molecule has 1 saturated carbocycles. The van der Waals surface area contributed by atoms with Crippen molar-refractivity contribution in [2.24, 2.45) is 5.92 Å². The molecule has 2 fully saturated rings. The smallest absolute Gasteiger partial charge is 0.227 e. The van der Waals surface area contributed by atoms with Crippen LogP contribution in [0.5, 0.6) is 0 Å². The van der Waals surface area contributed by atoms with Crippen molar-refractivity contribution in [3.8, 4) is 0 Å². The molecule has 0 bridgehead atoms. The maximum atomic E-state index is 13.0. The second-order valence-corrected chi connectivity index (χ2v) is 8.48. The molecule has 0 radical (unpaired) electrons. The van der Waals surface area contributed by atoms with Crippen molar-refractivity contribution in [3.63, 3.8) is 0 Å². The number of rotatable bonds is 7. The zero-order valence-electron chi connectivity index (χ0n) is 18.1. The summed E-state index contributed by atoms with van der Waals surface area (Å²) in [6.07, 6.45) is 5.94. The lowest BCUT2D eigenvalue weighted by Gasteiger charge is -2.35. The Morgan fingerprint density at radius 3 is 2.66 bits per heavy atom. The third-order valence-electron chi connectivity index (χ3n) is 6.02. The highest BCUT2D eigenvalue weighted by Crippen LogP contribution is 2.33. The number of imidazole rings is 1. The van der Waals surface area contributed by atoms with Gasteiger partial charge >= 0.3 is 0 Å². The van der Waals surface area contributed by atoms with E-state index in [0.717, 1.165) is 55.4 Å². The SMILES string of the molecule is CCN(CC)C(=O)C1CCCN(c2nc3c(NC4CC4)ncnc3n2C(C)C)C1. The number of carbonyl (C=O) groups excluding carboxylic acids is 1. The summed E-state index contributed by atoms with van der Waals surface area (Å²) in [4.78, 5) is 31.2. The van der Waals surface area contributed by atoms with Crippen LogP contribution in [0.15, 0.2) is 6.33 Å². The largest absolute Gasteiger partial charge is 0.365 e. The zero-order chi connectivity index (χ0) is 20.5. The van der Waals surface area contributed by atoms with Gasteiger partial charge in [0.15, 0.2) is 17.0 Å². The Balaban J connectivity index is 1.67. The average molecular weight is 400 g/mol. The summed E-state index contributed by atoms with van der Waals surface area (Å²) in [6, 6.07) is 0.726. The van der Waals surface area contributed by atoms with E-state index in [1.54, 1.807) is 6.33 Å². The maximum absolute atomic E-state index is 13.0. The lowest BCUT2D eigenvalue weighted by molar-refractivity contribution is -0.135. The summed E-state index contributed by atoms with van der Waals surface area (Å²) >= 11 is 0. The van der Waals surface area contributed by atoms with Crippen molar-refractivity contribution in [1.82, 2.24) is 24.4 Å². The topological polar surface area (TPSA) is 79.2 Å². The zero-order valence-corrected chi connectivity index (χ0v) is 18.1. The monoisotopic (exact) mass is 399 g/mol. The molecule has 0 spiro atoms. The van der Waals surface area contributed by atoms with E-state index in [1.807, 2.05) is 18.7 Å².